The van der Waals surface area contributed by atoms with E-state index in [-0.39, 0.29) is 29.6 Å². The lowest BCUT2D eigenvalue weighted by molar-refractivity contribution is -0.147. The highest BCUT2D eigenvalue weighted by atomic mass is 32.2. The summed E-state index contributed by atoms with van der Waals surface area (Å²) in [5.41, 5.74) is 1.16. The number of ether oxygens (including phenoxy) is 1. The summed E-state index contributed by atoms with van der Waals surface area (Å²) < 4.78 is 5.10. The number of rotatable bonds is 11. The molecule has 3 atom stereocenters. The van der Waals surface area contributed by atoms with Crippen molar-refractivity contribution in [2.45, 2.75) is 62.8 Å². The van der Waals surface area contributed by atoms with Crippen LogP contribution < -0.4 is 10.6 Å². The number of esters is 1. The number of carbonyl (C=O) groups is 3. The molecule has 6 nitrogen and oxygen atoms in total. The molecule has 0 spiro atoms. The lowest BCUT2D eigenvalue weighted by Crippen LogP contribution is -2.54. The maximum Gasteiger partial charge on any atom is 0.329 e. The molecular weight excluding hydrogens is 420 g/mol. The van der Waals surface area contributed by atoms with E-state index < -0.39 is 18.1 Å². The van der Waals surface area contributed by atoms with Crippen molar-refractivity contribution >= 4 is 41.3 Å². The Morgan fingerprint density at radius 1 is 1.17 bits per heavy atom. The van der Waals surface area contributed by atoms with Crippen LogP contribution in [0.4, 0.5) is 0 Å². The van der Waals surface area contributed by atoms with E-state index in [0.29, 0.717) is 18.6 Å². The van der Waals surface area contributed by atoms with Gasteiger partial charge in [-0.05, 0) is 43.1 Å². The Labute approximate surface area is 187 Å². The Hall–Kier alpha value is -1.67. The van der Waals surface area contributed by atoms with E-state index in [1.165, 1.54) is 11.8 Å². The lowest BCUT2D eigenvalue weighted by Gasteiger charge is -2.24. The standard InChI is InChI=1S/C22H32N2O4S2/c1-5-28-22(27)17(13-29-6-2)24-20(25)16(11-14(3)4)23-21(26)19-12-15-9-7-8-10-18(15)30-19/h7-10,14,16-17,19H,5-6,11-13H2,1-4H3,(H,23,26)(H,24,25)/t16-,17?,19?/m0/s1. The van der Waals surface area contributed by atoms with E-state index in [9.17, 15) is 14.4 Å². The van der Waals surface area contributed by atoms with Crippen molar-refractivity contribution in [3.63, 3.8) is 0 Å². The summed E-state index contributed by atoms with van der Waals surface area (Å²) in [4.78, 5) is 39.2. The van der Waals surface area contributed by atoms with Gasteiger partial charge in [0.25, 0.3) is 0 Å². The van der Waals surface area contributed by atoms with E-state index in [1.54, 1.807) is 18.7 Å². The quantitative estimate of drug-likeness (QED) is 0.502. The van der Waals surface area contributed by atoms with Crippen LogP contribution in [0.3, 0.4) is 0 Å². The van der Waals surface area contributed by atoms with Crippen LogP contribution in [0, 0.1) is 5.92 Å². The highest BCUT2D eigenvalue weighted by molar-refractivity contribution is 8.01. The Morgan fingerprint density at radius 3 is 2.53 bits per heavy atom. The summed E-state index contributed by atoms with van der Waals surface area (Å²) in [7, 11) is 0. The number of nitrogens with one attached hydrogen (secondary N) is 2. The zero-order valence-corrected chi connectivity index (χ0v) is 19.7. The van der Waals surface area contributed by atoms with Gasteiger partial charge < -0.3 is 15.4 Å². The summed E-state index contributed by atoms with van der Waals surface area (Å²) in [5, 5.41) is 5.48. The van der Waals surface area contributed by atoms with Gasteiger partial charge in [-0.1, -0.05) is 39.0 Å². The molecule has 8 heteroatoms. The third-order valence-corrected chi connectivity index (χ3v) is 6.95. The van der Waals surface area contributed by atoms with E-state index in [0.717, 1.165) is 16.2 Å². The van der Waals surface area contributed by atoms with E-state index >= 15 is 0 Å². The van der Waals surface area contributed by atoms with E-state index in [4.69, 9.17) is 4.74 Å². The van der Waals surface area contributed by atoms with Crippen LogP contribution in [0.25, 0.3) is 0 Å². The zero-order valence-electron chi connectivity index (χ0n) is 18.1. The van der Waals surface area contributed by atoms with Crippen molar-refractivity contribution in [2.75, 3.05) is 18.1 Å². The van der Waals surface area contributed by atoms with Crippen LogP contribution in [0.1, 0.15) is 39.7 Å². The fraction of sp³-hybridized carbons (Fsp3) is 0.591. The topological polar surface area (TPSA) is 84.5 Å². The molecule has 1 aliphatic rings. The molecule has 0 aliphatic carbocycles. The minimum atomic E-state index is -0.723. The monoisotopic (exact) mass is 452 g/mol. The van der Waals surface area contributed by atoms with Gasteiger partial charge in [-0.15, -0.1) is 11.8 Å². The number of benzene rings is 1. The number of fused-ring (bicyclic) bond motifs is 1. The van der Waals surface area contributed by atoms with Crippen LogP contribution in [-0.2, 0) is 25.5 Å². The van der Waals surface area contributed by atoms with Gasteiger partial charge in [-0.25, -0.2) is 4.79 Å². The number of hydrogen-bond donors (Lipinski definition) is 2. The fourth-order valence-electron chi connectivity index (χ4n) is 3.22. The third-order valence-electron chi connectivity index (χ3n) is 4.66. The number of hydrogen-bond acceptors (Lipinski definition) is 6. The van der Waals surface area contributed by atoms with Crippen molar-refractivity contribution in [1.82, 2.24) is 10.6 Å². The second-order valence-electron chi connectivity index (χ2n) is 7.58. The molecule has 1 aromatic carbocycles. The molecule has 0 saturated carbocycles. The predicted molar refractivity (Wildman–Crippen MR) is 123 cm³/mol. The van der Waals surface area contributed by atoms with Gasteiger partial charge in [0, 0.05) is 10.6 Å². The lowest BCUT2D eigenvalue weighted by atomic mass is 10.0. The summed E-state index contributed by atoms with van der Waals surface area (Å²) in [6.45, 7) is 7.99. The van der Waals surface area contributed by atoms with Gasteiger partial charge >= 0.3 is 5.97 Å². The number of carbonyl (C=O) groups excluding carboxylic acids is 3. The van der Waals surface area contributed by atoms with Crippen molar-refractivity contribution in [3.05, 3.63) is 29.8 Å². The number of thioether (sulfide) groups is 2. The van der Waals surface area contributed by atoms with Crippen molar-refractivity contribution in [3.8, 4) is 0 Å². The van der Waals surface area contributed by atoms with Gasteiger partial charge in [-0.3, -0.25) is 9.59 Å². The SMILES string of the molecule is CCOC(=O)C(CSCC)NC(=O)[C@H](CC(C)C)NC(=O)C1Cc2ccccc2S1. The average molecular weight is 453 g/mol. The summed E-state index contributed by atoms with van der Waals surface area (Å²) in [6, 6.07) is 6.57. The Bertz CT molecular complexity index is 717. The average Bonchev–Trinajstić information content (AvgIpc) is 3.14. The molecule has 0 aromatic heterocycles. The largest absolute Gasteiger partial charge is 0.464 e. The van der Waals surface area contributed by atoms with Crippen LogP contribution in [0.5, 0.6) is 0 Å². The molecule has 2 unspecified atom stereocenters. The molecule has 0 saturated heterocycles. The minimum absolute atomic E-state index is 0.146. The maximum atomic E-state index is 13.0. The summed E-state index contributed by atoms with van der Waals surface area (Å²) in [5.74, 6) is 0.554. The van der Waals surface area contributed by atoms with E-state index in [1.807, 2.05) is 45.0 Å². The minimum Gasteiger partial charge on any atom is -0.464 e. The molecule has 166 valence electrons. The summed E-state index contributed by atoms with van der Waals surface area (Å²) >= 11 is 3.09. The van der Waals surface area contributed by atoms with Crippen LogP contribution >= 0.6 is 23.5 Å². The van der Waals surface area contributed by atoms with Crippen LogP contribution in [0.15, 0.2) is 29.2 Å². The smallest absolute Gasteiger partial charge is 0.329 e. The second kappa shape index (κ2) is 12.2. The van der Waals surface area contributed by atoms with Gasteiger partial charge in [-0.2, -0.15) is 11.8 Å². The van der Waals surface area contributed by atoms with Crippen molar-refractivity contribution < 1.29 is 19.1 Å². The third kappa shape index (κ3) is 7.23. The molecule has 30 heavy (non-hydrogen) atoms. The van der Waals surface area contributed by atoms with Crippen LogP contribution in [-0.4, -0.2) is 53.2 Å². The maximum absolute atomic E-state index is 13.0. The van der Waals surface area contributed by atoms with Gasteiger partial charge in [0.15, 0.2) is 0 Å². The summed E-state index contributed by atoms with van der Waals surface area (Å²) in [6.07, 6.45) is 1.15. The second-order valence-corrected chi connectivity index (χ2v) is 10.1. The zero-order chi connectivity index (χ0) is 22.1. The normalized spacial score (nSPS) is 17.2. The van der Waals surface area contributed by atoms with Crippen molar-refractivity contribution in [2.24, 2.45) is 5.92 Å². The van der Waals surface area contributed by atoms with Gasteiger partial charge in [0.2, 0.25) is 11.8 Å². The first-order valence-corrected chi connectivity index (χ1v) is 12.5. The van der Waals surface area contributed by atoms with Gasteiger partial charge in [0.05, 0.1) is 11.9 Å². The Kier molecular flexibility index (Phi) is 10.0. The molecule has 2 amide bonds. The highest BCUT2D eigenvalue weighted by Crippen LogP contribution is 2.36. The Balaban J connectivity index is 2.03. The first-order chi connectivity index (χ1) is 14.3. The molecule has 0 radical (unpaired) electrons. The molecule has 1 heterocycles. The molecule has 1 aromatic rings. The van der Waals surface area contributed by atoms with Gasteiger partial charge in [0.1, 0.15) is 12.1 Å². The Morgan fingerprint density at radius 2 is 1.90 bits per heavy atom. The molecule has 2 rings (SSSR count). The molecule has 2 N–H and O–H groups in total. The van der Waals surface area contributed by atoms with E-state index in [2.05, 4.69) is 10.6 Å². The number of amides is 2. The molecule has 0 bridgehead atoms. The van der Waals surface area contributed by atoms with Crippen molar-refractivity contribution in [1.29, 1.82) is 0 Å². The molecule has 0 fully saturated rings. The highest BCUT2D eigenvalue weighted by Gasteiger charge is 2.32. The first-order valence-electron chi connectivity index (χ1n) is 10.4. The predicted octanol–water partition coefficient (Wildman–Crippen LogP) is 3.04. The molecule has 1 aliphatic heterocycles. The molecular formula is C22H32N2O4S2. The first kappa shape index (κ1) is 24.6. The fourth-order valence-corrected chi connectivity index (χ4v) is 5.11. The van der Waals surface area contributed by atoms with Crippen LogP contribution in [0.2, 0.25) is 0 Å².